The molecule has 0 spiro atoms. The molecule has 0 aliphatic carbocycles. The Bertz CT molecular complexity index is 1120. The molecule has 1 aromatic carbocycles. The lowest BCUT2D eigenvalue weighted by Crippen LogP contribution is -2.50. The van der Waals surface area contributed by atoms with E-state index in [0.717, 1.165) is 21.2 Å². The summed E-state index contributed by atoms with van der Waals surface area (Å²) in [5.41, 5.74) is 2.17. The van der Waals surface area contributed by atoms with Gasteiger partial charge >= 0.3 is 0 Å². The fourth-order valence-electron chi connectivity index (χ4n) is 3.95. The Morgan fingerprint density at radius 2 is 1.81 bits per heavy atom. The summed E-state index contributed by atoms with van der Waals surface area (Å²) in [6.07, 6.45) is 2.11. The van der Waals surface area contributed by atoms with Crippen LogP contribution in [0, 0.1) is 0 Å². The first-order valence-electron chi connectivity index (χ1n) is 10.3. The van der Waals surface area contributed by atoms with Crippen molar-refractivity contribution in [1.82, 2.24) is 14.9 Å². The van der Waals surface area contributed by atoms with Crippen molar-refractivity contribution in [1.29, 1.82) is 0 Å². The molecule has 1 unspecified atom stereocenters. The molecule has 2 aromatic heterocycles. The standard InChI is InChI=1S/C22H22N6O2S/c1-15(29)19-14-18(25-28(19)16-6-3-2-4-7-16)21(30)26-10-12-27(13-11-26)22-24-17-8-5-9-23-20(17)31-22/h2-9,19H,10-14H2,1H3. The topological polar surface area (TPSA) is 82.0 Å². The number of para-hydroxylation sites is 1. The van der Waals surface area contributed by atoms with Gasteiger partial charge < -0.3 is 9.80 Å². The van der Waals surface area contributed by atoms with Crippen molar-refractivity contribution in [2.45, 2.75) is 19.4 Å². The van der Waals surface area contributed by atoms with Crippen molar-refractivity contribution in [3.05, 3.63) is 48.7 Å². The summed E-state index contributed by atoms with van der Waals surface area (Å²) in [6.45, 7) is 4.15. The largest absolute Gasteiger partial charge is 0.344 e. The van der Waals surface area contributed by atoms with E-state index < -0.39 is 6.04 Å². The number of carbonyl (C=O) groups is 2. The van der Waals surface area contributed by atoms with Gasteiger partial charge in [-0.25, -0.2) is 9.97 Å². The number of pyridine rings is 1. The van der Waals surface area contributed by atoms with Crippen molar-refractivity contribution in [2.24, 2.45) is 5.10 Å². The summed E-state index contributed by atoms with van der Waals surface area (Å²) in [7, 11) is 0. The quantitative estimate of drug-likeness (QED) is 0.628. The second kappa shape index (κ2) is 8.07. The van der Waals surface area contributed by atoms with Gasteiger partial charge in [0.05, 0.1) is 5.69 Å². The van der Waals surface area contributed by atoms with Crippen LogP contribution in [0.15, 0.2) is 53.8 Å². The van der Waals surface area contributed by atoms with Gasteiger partial charge in [0.2, 0.25) is 0 Å². The van der Waals surface area contributed by atoms with Gasteiger partial charge in [-0.1, -0.05) is 29.5 Å². The third-order valence-electron chi connectivity index (χ3n) is 5.64. The number of amides is 1. The molecule has 158 valence electrons. The molecule has 1 saturated heterocycles. The lowest BCUT2D eigenvalue weighted by molar-refractivity contribution is -0.124. The molecule has 31 heavy (non-hydrogen) atoms. The van der Waals surface area contributed by atoms with Gasteiger partial charge in [-0.2, -0.15) is 5.10 Å². The maximum atomic E-state index is 13.1. The summed E-state index contributed by atoms with van der Waals surface area (Å²) in [5.74, 6) is -0.0834. The van der Waals surface area contributed by atoms with E-state index in [4.69, 9.17) is 0 Å². The first-order valence-corrected chi connectivity index (χ1v) is 11.1. The summed E-state index contributed by atoms with van der Waals surface area (Å²) in [4.78, 5) is 39.3. The molecular weight excluding hydrogens is 412 g/mol. The number of piperazine rings is 1. The van der Waals surface area contributed by atoms with Crippen LogP contribution in [0.1, 0.15) is 13.3 Å². The molecule has 0 bridgehead atoms. The van der Waals surface area contributed by atoms with Gasteiger partial charge in [0, 0.05) is 38.8 Å². The number of hydrogen-bond donors (Lipinski definition) is 0. The zero-order chi connectivity index (χ0) is 21.4. The summed E-state index contributed by atoms with van der Waals surface area (Å²) in [5, 5.41) is 7.16. The second-order valence-electron chi connectivity index (χ2n) is 7.66. The Labute approximate surface area is 183 Å². The number of anilines is 2. The van der Waals surface area contributed by atoms with E-state index in [-0.39, 0.29) is 11.7 Å². The molecule has 1 atom stereocenters. The highest BCUT2D eigenvalue weighted by molar-refractivity contribution is 7.21. The summed E-state index contributed by atoms with van der Waals surface area (Å²) in [6, 6.07) is 12.9. The van der Waals surface area contributed by atoms with Crippen LogP contribution in [0.3, 0.4) is 0 Å². The second-order valence-corrected chi connectivity index (χ2v) is 8.62. The SMILES string of the molecule is CC(=O)C1CC(C(=O)N2CCN(c3nc4cccnc4s3)CC2)=NN1c1ccccc1. The Morgan fingerprint density at radius 1 is 1.03 bits per heavy atom. The Morgan fingerprint density at radius 3 is 2.52 bits per heavy atom. The number of thiazole rings is 1. The fraction of sp³-hybridized carbons (Fsp3) is 0.318. The zero-order valence-electron chi connectivity index (χ0n) is 17.1. The number of hydrazone groups is 1. The van der Waals surface area contributed by atoms with E-state index in [0.29, 0.717) is 38.3 Å². The molecule has 2 aliphatic rings. The van der Waals surface area contributed by atoms with Gasteiger partial charge in [-0.3, -0.25) is 14.6 Å². The molecule has 4 heterocycles. The lowest BCUT2D eigenvalue weighted by atomic mass is 10.1. The van der Waals surface area contributed by atoms with Crippen molar-refractivity contribution in [3.63, 3.8) is 0 Å². The lowest BCUT2D eigenvalue weighted by Gasteiger charge is -2.34. The van der Waals surface area contributed by atoms with E-state index in [2.05, 4.69) is 20.0 Å². The normalized spacial score (nSPS) is 19.1. The highest BCUT2D eigenvalue weighted by Crippen LogP contribution is 2.29. The predicted octanol–water partition coefficient (Wildman–Crippen LogP) is 2.56. The van der Waals surface area contributed by atoms with Crippen molar-refractivity contribution in [3.8, 4) is 0 Å². The van der Waals surface area contributed by atoms with E-state index in [1.54, 1.807) is 29.5 Å². The Kier molecular flexibility index (Phi) is 5.11. The third-order valence-corrected chi connectivity index (χ3v) is 6.68. The average molecular weight is 435 g/mol. The van der Waals surface area contributed by atoms with Gasteiger partial charge in [-0.15, -0.1) is 0 Å². The van der Waals surface area contributed by atoms with Gasteiger partial charge in [0.1, 0.15) is 22.1 Å². The van der Waals surface area contributed by atoms with Gasteiger partial charge in [0.15, 0.2) is 10.9 Å². The molecule has 1 amide bonds. The van der Waals surface area contributed by atoms with Crippen LogP contribution in [0.25, 0.3) is 10.3 Å². The van der Waals surface area contributed by atoms with Crippen LogP contribution in [-0.4, -0.2) is 64.5 Å². The number of carbonyl (C=O) groups excluding carboxylic acids is 2. The average Bonchev–Trinajstić information content (AvgIpc) is 3.44. The number of aromatic nitrogens is 2. The van der Waals surface area contributed by atoms with Crippen LogP contribution in [-0.2, 0) is 9.59 Å². The fourth-order valence-corrected chi connectivity index (χ4v) is 4.91. The molecule has 0 N–H and O–H groups in total. The van der Waals surface area contributed by atoms with Crippen LogP contribution in [0.2, 0.25) is 0 Å². The highest BCUT2D eigenvalue weighted by Gasteiger charge is 2.36. The number of hydrogen-bond acceptors (Lipinski definition) is 8. The van der Waals surface area contributed by atoms with Crippen molar-refractivity contribution in [2.75, 3.05) is 36.1 Å². The maximum Gasteiger partial charge on any atom is 0.270 e. The minimum absolute atomic E-state index is 0.00432. The zero-order valence-corrected chi connectivity index (χ0v) is 18.0. The molecular formula is C22H22N6O2S. The summed E-state index contributed by atoms with van der Waals surface area (Å²) >= 11 is 1.57. The smallest absolute Gasteiger partial charge is 0.270 e. The van der Waals surface area contributed by atoms with Gasteiger partial charge in [0.25, 0.3) is 5.91 Å². The minimum Gasteiger partial charge on any atom is -0.344 e. The van der Waals surface area contributed by atoms with E-state index >= 15 is 0 Å². The van der Waals surface area contributed by atoms with Crippen LogP contribution in [0.4, 0.5) is 10.8 Å². The van der Waals surface area contributed by atoms with E-state index in [1.165, 1.54) is 0 Å². The summed E-state index contributed by atoms with van der Waals surface area (Å²) < 4.78 is 0. The highest BCUT2D eigenvalue weighted by atomic mass is 32.1. The number of ketones is 1. The molecule has 0 radical (unpaired) electrons. The third kappa shape index (κ3) is 3.76. The first-order chi connectivity index (χ1) is 15.1. The first kappa shape index (κ1) is 19.6. The molecule has 3 aromatic rings. The van der Waals surface area contributed by atoms with Gasteiger partial charge in [-0.05, 0) is 31.2 Å². The molecule has 9 heteroatoms. The molecule has 0 saturated carbocycles. The van der Waals surface area contributed by atoms with Crippen molar-refractivity contribution < 1.29 is 9.59 Å². The van der Waals surface area contributed by atoms with Crippen LogP contribution in [0.5, 0.6) is 0 Å². The number of fused-ring (bicyclic) bond motifs is 1. The number of nitrogens with zero attached hydrogens (tertiary/aromatic N) is 6. The monoisotopic (exact) mass is 434 g/mol. The Balaban J connectivity index is 1.28. The molecule has 2 aliphatic heterocycles. The van der Waals surface area contributed by atoms with Crippen LogP contribution >= 0.6 is 11.3 Å². The molecule has 5 rings (SSSR count). The number of benzene rings is 1. The minimum atomic E-state index is -0.433. The van der Waals surface area contributed by atoms with E-state index in [9.17, 15) is 9.59 Å². The Hall–Kier alpha value is -3.33. The molecule has 8 nitrogen and oxygen atoms in total. The number of rotatable bonds is 4. The van der Waals surface area contributed by atoms with Crippen molar-refractivity contribution >= 4 is 49.9 Å². The molecule has 1 fully saturated rings. The number of Topliss-reactive ketones (excluding diaryl/α,β-unsaturated/α-hetero) is 1. The van der Waals surface area contributed by atoms with Crippen LogP contribution < -0.4 is 9.91 Å². The van der Waals surface area contributed by atoms with E-state index in [1.807, 2.05) is 47.4 Å². The predicted molar refractivity (Wildman–Crippen MR) is 122 cm³/mol. The maximum absolute atomic E-state index is 13.1.